The molecule has 0 spiro atoms. The zero-order chi connectivity index (χ0) is 15.3. The molecule has 0 heterocycles. The summed E-state index contributed by atoms with van der Waals surface area (Å²) in [5.41, 5.74) is -2.97. The van der Waals surface area contributed by atoms with Crippen molar-refractivity contribution in [2.24, 2.45) is 0 Å². The average Bonchev–Trinajstić information content (AvgIpc) is 2.34. The third-order valence-electron chi connectivity index (χ3n) is 2.67. The quantitative estimate of drug-likeness (QED) is 0.789. The van der Waals surface area contributed by atoms with Gasteiger partial charge in [-0.3, -0.25) is 4.79 Å². The Morgan fingerprint density at radius 3 is 2.25 bits per heavy atom. The summed E-state index contributed by atoms with van der Waals surface area (Å²) in [5.74, 6) is -4.90. The monoisotopic (exact) mass is 289 g/mol. The number of alkyl halides is 1. The molecule has 0 aromatic heterocycles. The van der Waals surface area contributed by atoms with Gasteiger partial charge in [-0.1, -0.05) is 13.3 Å². The van der Waals surface area contributed by atoms with Gasteiger partial charge in [0.2, 0.25) is 0 Å². The Bertz CT molecular complexity index is 501. The van der Waals surface area contributed by atoms with E-state index in [0.29, 0.717) is 6.07 Å². The molecule has 1 atom stereocenters. The lowest BCUT2D eigenvalue weighted by Gasteiger charge is -2.19. The summed E-state index contributed by atoms with van der Waals surface area (Å²) in [5, 5.41) is 10.8. The molecule has 4 nitrogen and oxygen atoms in total. The van der Waals surface area contributed by atoms with Crippen molar-refractivity contribution in [1.29, 1.82) is 0 Å². The number of benzene rings is 1. The van der Waals surface area contributed by atoms with E-state index in [0.717, 1.165) is 12.1 Å². The van der Waals surface area contributed by atoms with Crippen molar-refractivity contribution in [2.75, 3.05) is 0 Å². The molecule has 0 saturated carbocycles. The third-order valence-corrected chi connectivity index (χ3v) is 2.67. The first kappa shape index (κ1) is 16.0. The Labute approximate surface area is 113 Å². The molecule has 0 fully saturated rings. The van der Waals surface area contributed by atoms with Crippen molar-refractivity contribution >= 4 is 11.9 Å². The standard InChI is InChI=1S/C13H14F3NO3/c1-2-3-13(16,12(19)20)11(18)17-7-8-4-9(14)6-10(15)5-8/h4-6H,2-3,7H2,1H3,(H,17,18)(H,19,20). The maximum absolute atomic E-state index is 14.0. The summed E-state index contributed by atoms with van der Waals surface area (Å²) in [7, 11) is 0. The molecule has 0 aliphatic heterocycles. The minimum atomic E-state index is -3.04. The minimum absolute atomic E-state index is 0.0695. The summed E-state index contributed by atoms with van der Waals surface area (Å²) in [6.07, 6.45) is -0.323. The fourth-order valence-corrected chi connectivity index (χ4v) is 1.70. The summed E-state index contributed by atoms with van der Waals surface area (Å²) in [6.45, 7) is 1.17. The van der Waals surface area contributed by atoms with Gasteiger partial charge in [0.25, 0.3) is 11.6 Å². The van der Waals surface area contributed by atoms with Crippen molar-refractivity contribution in [3.8, 4) is 0 Å². The van der Waals surface area contributed by atoms with Gasteiger partial charge >= 0.3 is 5.97 Å². The highest BCUT2D eigenvalue weighted by Gasteiger charge is 2.45. The number of carbonyl (C=O) groups is 2. The van der Waals surface area contributed by atoms with E-state index in [1.807, 2.05) is 5.32 Å². The Balaban J connectivity index is 2.77. The van der Waals surface area contributed by atoms with E-state index in [2.05, 4.69) is 0 Å². The Hall–Kier alpha value is -2.05. The van der Waals surface area contributed by atoms with Crippen LogP contribution in [0.1, 0.15) is 25.3 Å². The first-order valence-corrected chi connectivity index (χ1v) is 5.95. The number of carboxylic acid groups (broad SMARTS) is 1. The molecule has 0 saturated heterocycles. The Morgan fingerprint density at radius 1 is 1.25 bits per heavy atom. The van der Waals surface area contributed by atoms with Gasteiger partial charge in [0.1, 0.15) is 11.6 Å². The topological polar surface area (TPSA) is 66.4 Å². The van der Waals surface area contributed by atoms with Gasteiger partial charge in [0, 0.05) is 19.0 Å². The van der Waals surface area contributed by atoms with Gasteiger partial charge in [-0.25, -0.2) is 18.0 Å². The van der Waals surface area contributed by atoms with Gasteiger partial charge in [-0.2, -0.15) is 0 Å². The molecule has 2 N–H and O–H groups in total. The molecule has 7 heteroatoms. The molecule has 1 amide bonds. The van der Waals surface area contributed by atoms with E-state index >= 15 is 0 Å². The molecule has 0 aliphatic carbocycles. The van der Waals surface area contributed by atoms with Gasteiger partial charge in [0.05, 0.1) is 0 Å². The summed E-state index contributed by atoms with van der Waals surface area (Å²) in [6, 6.07) is 2.58. The Kier molecular flexibility index (Phi) is 5.12. The second-order valence-corrected chi connectivity index (χ2v) is 4.32. The third kappa shape index (κ3) is 3.72. The van der Waals surface area contributed by atoms with Crippen LogP contribution in [0.3, 0.4) is 0 Å². The fraction of sp³-hybridized carbons (Fsp3) is 0.385. The smallest absolute Gasteiger partial charge is 0.351 e. The van der Waals surface area contributed by atoms with Gasteiger partial charge < -0.3 is 10.4 Å². The molecule has 110 valence electrons. The van der Waals surface area contributed by atoms with Crippen LogP contribution >= 0.6 is 0 Å². The highest BCUT2D eigenvalue weighted by molar-refractivity contribution is 6.05. The van der Waals surface area contributed by atoms with Crippen molar-refractivity contribution in [2.45, 2.75) is 32.0 Å². The first-order chi connectivity index (χ1) is 9.29. The number of amides is 1. The van der Waals surface area contributed by atoms with E-state index in [4.69, 9.17) is 5.11 Å². The lowest BCUT2D eigenvalue weighted by molar-refractivity contribution is -0.158. The summed E-state index contributed by atoms with van der Waals surface area (Å²) >= 11 is 0. The predicted octanol–water partition coefficient (Wildman–Crippen LogP) is 2.17. The van der Waals surface area contributed by atoms with Crippen LogP contribution in [-0.2, 0) is 16.1 Å². The number of carbonyl (C=O) groups excluding carboxylic acids is 1. The number of hydrogen-bond donors (Lipinski definition) is 2. The van der Waals surface area contributed by atoms with Crippen LogP contribution in [0, 0.1) is 11.6 Å². The molecule has 20 heavy (non-hydrogen) atoms. The van der Waals surface area contributed by atoms with Crippen LogP contribution in [0.4, 0.5) is 13.2 Å². The average molecular weight is 289 g/mol. The predicted molar refractivity (Wildman–Crippen MR) is 64.6 cm³/mol. The van der Waals surface area contributed by atoms with Gasteiger partial charge in [0.15, 0.2) is 0 Å². The molecule has 1 unspecified atom stereocenters. The van der Waals surface area contributed by atoms with Crippen LogP contribution in [0.25, 0.3) is 0 Å². The molecular weight excluding hydrogens is 275 g/mol. The molecule has 1 rings (SSSR count). The maximum atomic E-state index is 14.0. The molecular formula is C13H14F3NO3. The molecule has 1 aromatic rings. The molecule has 1 aromatic carbocycles. The van der Waals surface area contributed by atoms with Crippen molar-refractivity contribution in [3.05, 3.63) is 35.4 Å². The van der Waals surface area contributed by atoms with Crippen LogP contribution in [-0.4, -0.2) is 22.7 Å². The van der Waals surface area contributed by atoms with Gasteiger partial charge in [-0.05, 0) is 17.7 Å². The SMILES string of the molecule is CCCC(F)(C(=O)O)C(=O)NCc1cc(F)cc(F)c1. The van der Waals surface area contributed by atoms with E-state index < -0.39 is 35.6 Å². The van der Waals surface area contributed by atoms with Gasteiger partial charge in [-0.15, -0.1) is 0 Å². The first-order valence-electron chi connectivity index (χ1n) is 5.95. The lowest BCUT2D eigenvalue weighted by atomic mass is 9.99. The highest BCUT2D eigenvalue weighted by Crippen LogP contribution is 2.19. The molecule has 0 bridgehead atoms. The van der Waals surface area contributed by atoms with Crippen molar-refractivity contribution in [3.63, 3.8) is 0 Å². The Morgan fingerprint density at radius 2 is 1.80 bits per heavy atom. The van der Waals surface area contributed by atoms with E-state index in [9.17, 15) is 22.8 Å². The molecule has 0 aliphatic rings. The minimum Gasteiger partial charge on any atom is -0.478 e. The van der Waals surface area contributed by atoms with Crippen LogP contribution in [0.15, 0.2) is 18.2 Å². The zero-order valence-electron chi connectivity index (χ0n) is 10.8. The van der Waals surface area contributed by atoms with E-state index in [-0.39, 0.29) is 18.5 Å². The number of hydrogen-bond acceptors (Lipinski definition) is 2. The van der Waals surface area contributed by atoms with Crippen molar-refractivity contribution in [1.82, 2.24) is 5.32 Å². The second kappa shape index (κ2) is 6.40. The zero-order valence-corrected chi connectivity index (χ0v) is 10.8. The number of nitrogens with one attached hydrogen (secondary N) is 1. The lowest BCUT2D eigenvalue weighted by Crippen LogP contribution is -2.49. The van der Waals surface area contributed by atoms with Crippen LogP contribution < -0.4 is 5.32 Å². The number of carboxylic acids is 1. The fourth-order valence-electron chi connectivity index (χ4n) is 1.70. The van der Waals surface area contributed by atoms with E-state index in [1.54, 1.807) is 0 Å². The van der Waals surface area contributed by atoms with Crippen LogP contribution in [0.5, 0.6) is 0 Å². The molecule has 0 radical (unpaired) electrons. The number of halogens is 3. The summed E-state index contributed by atoms with van der Waals surface area (Å²) < 4.78 is 39.8. The number of aliphatic carboxylic acids is 1. The largest absolute Gasteiger partial charge is 0.478 e. The van der Waals surface area contributed by atoms with Crippen molar-refractivity contribution < 1.29 is 27.9 Å². The highest BCUT2D eigenvalue weighted by atomic mass is 19.1. The van der Waals surface area contributed by atoms with E-state index in [1.165, 1.54) is 6.92 Å². The number of rotatable bonds is 6. The maximum Gasteiger partial charge on any atom is 0.351 e. The normalized spacial score (nSPS) is 13.6. The van der Waals surface area contributed by atoms with Crippen LogP contribution in [0.2, 0.25) is 0 Å². The summed E-state index contributed by atoms with van der Waals surface area (Å²) in [4.78, 5) is 22.4. The second-order valence-electron chi connectivity index (χ2n) is 4.32.